The normalized spacial score (nSPS) is 19.6. The number of hydrogen-bond donors (Lipinski definition) is 2. The van der Waals surface area contributed by atoms with Crippen LogP contribution in [0.4, 0.5) is 6.01 Å². The van der Waals surface area contributed by atoms with Crippen molar-refractivity contribution in [2.75, 3.05) is 25.0 Å². The first-order chi connectivity index (χ1) is 9.89. The Morgan fingerprint density at radius 1 is 1.43 bits per heavy atom. The third kappa shape index (κ3) is 4.42. The van der Waals surface area contributed by atoms with Crippen LogP contribution in [-0.4, -0.2) is 41.8 Å². The Balaban J connectivity index is 1.95. The molecule has 1 unspecified atom stereocenters. The van der Waals surface area contributed by atoms with Crippen molar-refractivity contribution >= 4 is 11.9 Å². The highest BCUT2D eigenvalue weighted by Gasteiger charge is 2.27. The fraction of sp³-hybridized carbons (Fsp3) is 0.786. The maximum Gasteiger partial charge on any atom is 0.318 e. The number of rotatable bonds is 4. The van der Waals surface area contributed by atoms with Crippen molar-refractivity contribution < 1.29 is 9.21 Å². The number of aromatic nitrogens is 2. The molecule has 1 aliphatic heterocycles. The van der Waals surface area contributed by atoms with E-state index in [0.717, 1.165) is 19.4 Å². The van der Waals surface area contributed by atoms with Gasteiger partial charge in [0.2, 0.25) is 11.8 Å². The number of anilines is 1. The number of hydrogen-bond acceptors (Lipinski definition) is 6. The van der Waals surface area contributed by atoms with Gasteiger partial charge in [-0.1, -0.05) is 5.10 Å². The van der Waals surface area contributed by atoms with E-state index in [2.05, 4.69) is 41.6 Å². The zero-order chi connectivity index (χ0) is 15.5. The third-order valence-electron chi connectivity index (χ3n) is 3.54. The fourth-order valence-corrected chi connectivity index (χ4v) is 2.35. The second-order valence-corrected chi connectivity index (χ2v) is 6.48. The van der Waals surface area contributed by atoms with E-state index in [1.807, 2.05) is 4.90 Å². The number of carbonyl (C=O) groups excluding carboxylic acids is 1. The summed E-state index contributed by atoms with van der Waals surface area (Å²) in [7, 11) is 1.67. The summed E-state index contributed by atoms with van der Waals surface area (Å²) < 4.78 is 5.69. The molecular formula is C14H25N5O2. The molecule has 1 atom stereocenters. The predicted octanol–water partition coefficient (Wildman–Crippen LogP) is 0.920. The Morgan fingerprint density at radius 3 is 2.86 bits per heavy atom. The van der Waals surface area contributed by atoms with Crippen LogP contribution in [0.3, 0.4) is 0 Å². The van der Waals surface area contributed by atoms with Gasteiger partial charge in [0.05, 0.1) is 12.5 Å². The summed E-state index contributed by atoms with van der Waals surface area (Å²) in [6, 6.07) is 0.509. The van der Waals surface area contributed by atoms with Crippen molar-refractivity contribution in [3.05, 3.63) is 5.89 Å². The molecule has 2 heterocycles. The Morgan fingerprint density at radius 2 is 2.19 bits per heavy atom. The number of piperidine rings is 1. The number of nitrogens with one attached hydrogen (secondary N) is 2. The minimum atomic E-state index is -0.00759. The van der Waals surface area contributed by atoms with Crippen molar-refractivity contribution in [3.63, 3.8) is 0 Å². The fourth-order valence-electron chi connectivity index (χ4n) is 2.35. The van der Waals surface area contributed by atoms with Crippen molar-refractivity contribution in [1.29, 1.82) is 0 Å². The molecule has 1 fully saturated rings. The molecule has 118 valence electrons. The first-order valence-corrected chi connectivity index (χ1v) is 7.43. The van der Waals surface area contributed by atoms with Gasteiger partial charge in [0.15, 0.2) is 0 Å². The van der Waals surface area contributed by atoms with Crippen LogP contribution >= 0.6 is 0 Å². The molecule has 2 rings (SSSR count). The summed E-state index contributed by atoms with van der Waals surface area (Å²) in [6.45, 7) is 8.29. The summed E-state index contributed by atoms with van der Waals surface area (Å²) in [5, 5.41) is 14.2. The average Bonchev–Trinajstić information content (AvgIpc) is 2.92. The van der Waals surface area contributed by atoms with Gasteiger partial charge in [-0.3, -0.25) is 4.79 Å². The van der Waals surface area contributed by atoms with E-state index in [0.29, 0.717) is 25.0 Å². The highest BCUT2D eigenvalue weighted by Crippen LogP contribution is 2.22. The maximum absolute atomic E-state index is 11.7. The average molecular weight is 295 g/mol. The van der Waals surface area contributed by atoms with E-state index in [1.165, 1.54) is 0 Å². The standard InChI is InChI=1S/C14H25N5O2/c1-14(2,3)16-8-11-17-18-13(21-11)19-7-5-6-10(9-19)12(20)15-4/h10,16H,5-9H2,1-4H3,(H,15,20). The highest BCUT2D eigenvalue weighted by atomic mass is 16.4. The van der Waals surface area contributed by atoms with E-state index in [-0.39, 0.29) is 17.4 Å². The minimum Gasteiger partial charge on any atom is -0.407 e. The van der Waals surface area contributed by atoms with Crippen molar-refractivity contribution in [1.82, 2.24) is 20.8 Å². The van der Waals surface area contributed by atoms with E-state index in [9.17, 15) is 4.79 Å². The Labute approximate surface area is 125 Å². The topological polar surface area (TPSA) is 83.3 Å². The zero-order valence-electron chi connectivity index (χ0n) is 13.3. The van der Waals surface area contributed by atoms with E-state index < -0.39 is 0 Å². The lowest BCUT2D eigenvalue weighted by Crippen LogP contribution is -2.42. The lowest BCUT2D eigenvalue weighted by atomic mass is 9.97. The summed E-state index contributed by atoms with van der Waals surface area (Å²) >= 11 is 0. The lowest BCUT2D eigenvalue weighted by Gasteiger charge is -2.30. The third-order valence-corrected chi connectivity index (χ3v) is 3.54. The second-order valence-electron chi connectivity index (χ2n) is 6.48. The van der Waals surface area contributed by atoms with E-state index >= 15 is 0 Å². The Bertz CT molecular complexity index is 480. The van der Waals surface area contributed by atoms with Gasteiger partial charge < -0.3 is 20.0 Å². The summed E-state index contributed by atoms with van der Waals surface area (Å²) in [6.07, 6.45) is 1.86. The van der Waals surface area contributed by atoms with E-state index in [4.69, 9.17) is 4.42 Å². The van der Waals surface area contributed by atoms with Gasteiger partial charge in [0.1, 0.15) is 0 Å². The molecule has 1 amide bonds. The summed E-state index contributed by atoms with van der Waals surface area (Å²) in [4.78, 5) is 13.7. The molecule has 1 aliphatic rings. The van der Waals surface area contributed by atoms with Crippen LogP contribution in [0.25, 0.3) is 0 Å². The van der Waals surface area contributed by atoms with Crippen molar-refractivity contribution in [2.45, 2.75) is 45.7 Å². The molecule has 1 aromatic rings. The molecule has 0 spiro atoms. The molecule has 0 saturated carbocycles. The molecule has 1 aromatic heterocycles. The van der Waals surface area contributed by atoms with Gasteiger partial charge in [-0.2, -0.15) is 0 Å². The van der Waals surface area contributed by atoms with Crippen LogP contribution in [0, 0.1) is 5.92 Å². The summed E-state index contributed by atoms with van der Waals surface area (Å²) in [5.41, 5.74) is 0.00404. The SMILES string of the molecule is CNC(=O)C1CCCN(c2nnc(CNC(C)(C)C)o2)C1. The van der Waals surface area contributed by atoms with Crippen molar-refractivity contribution in [3.8, 4) is 0 Å². The maximum atomic E-state index is 11.7. The van der Waals surface area contributed by atoms with Crippen LogP contribution in [0.1, 0.15) is 39.5 Å². The van der Waals surface area contributed by atoms with Crippen LogP contribution in [0.2, 0.25) is 0 Å². The number of nitrogens with zero attached hydrogens (tertiary/aromatic N) is 3. The Hall–Kier alpha value is -1.63. The Kier molecular flexibility index (Phi) is 4.82. The van der Waals surface area contributed by atoms with Crippen LogP contribution in [0.5, 0.6) is 0 Å². The largest absolute Gasteiger partial charge is 0.407 e. The lowest BCUT2D eigenvalue weighted by molar-refractivity contribution is -0.124. The zero-order valence-corrected chi connectivity index (χ0v) is 13.3. The highest BCUT2D eigenvalue weighted by molar-refractivity contribution is 5.79. The molecule has 21 heavy (non-hydrogen) atoms. The minimum absolute atomic E-state index is 0.00404. The quantitative estimate of drug-likeness (QED) is 0.859. The molecule has 0 radical (unpaired) electrons. The molecule has 1 saturated heterocycles. The molecule has 0 bridgehead atoms. The van der Waals surface area contributed by atoms with Gasteiger partial charge in [0.25, 0.3) is 0 Å². The van der Waals surface area contributed by atoms with Gasteiger partial charge in [-0.25, -0.2) is 0 Å². The van der Waals surface area contributed by atoms with Crippen LogP contribution in [-0.2, 0) is 11.3 Å². The first-order valence-electron chi connectivity index (χ1n) is 7.43. The number of amides is 1. The second kappa shape index (κ2) is 6.43. The van der Waals surface area contributed by atoms with Gasteiger partial charge in [0, 0.05) is 25.7 Å². The molecule has 2 N–H and O–H groups in total. The van der Waals surface area contributed by atoms with Crippen LogP contribution in [0.15, 0.2) is 4.42 Å². The van der Waals surface area contributed by atoms with E-state index in [1.54, 1.807) is 7.05 Å². The summed E-state index contributed by atoms with van der Waals surface area (Å²) in [5.74, 6) is 0.641. The first kappa shape index (κ1) is 15.8. The van der Waals surface area contributed by atoms with Crippen LogP contribution < -0.4 is 15.5 Å². The molecule has 0 aromatic carbocycles. The monoisotopic (exact) mass is 295 g/mol. The molecular weight excluding hydrogens is 270 g/mol. The van der Waals surface area contributed by atoms with Crippen molar-refractivity contribution in [2.24, 2.45) is 5.92 Å². The molecule has 7 heteroatoms. The van der Waals surface area contributed by atoms with Gasteiger partial charge in [-0.05, 0) is 33.6 Å². The molecule has 0 aliphatic carbocycles. The van der Waals surface area contributed by atoms with Gasteiger partial charge >= 0.3 is 6.01 Å². The molecule has 7 nitrogen and oxygen atoms in total. The van der Waals surface area contributed by atoms with Gasteiger partial charge in [-0.15, -0.1) is 5.10 Å². The number of carbonyl (C=O) groups is 1. The smallest absolute Gasteiger partial charge is 0.318 e. The predicted molar refractivity (Wildman–Crippen MR) is 79.9 cm³/mol.